The summed E-state index contributed by atoms with van der Waals surface area (Å²) in [6.07, 6.45) is 4.22. The summed E-state index contributed by atoms with van der Waals surface area (Å²) in [4.78, 5) is 36.4. The molecule has 172 valence electrons. The van der Waals surface area contributed by atoms with Crippen molar-refractivity contribution in [3.05, 3.63) is 81.5 Å². The minimum Gasteiger partial charge on any atom is -0.476 e. The van der Waals surface area contributed by atoms with E-state index in [4.69, 9.17) is 10.2 Å². The lowest BCUT2D eigenvalue weighted by Gasteiger charge is -2.18. The van der Waals surface area contributed by atoms with Gasteiger partial charge in [0.15, 0.2) is 11.1 Å². The van der Waals surface area contributed by atoms with Gasteiger partial charge in [-0.1, -0.05) is 6.07 Å². The van der Waals surface area contributed by atoms with Crippen LogP contribution < -0.4 is 16.5 Å². The molecule has 0 aliphatic rings. The van der Waals surface area contributed by atoms with Crippen molar-refractivity contribution in [2.45, 2.75) is 19.9 Å². The predicted molar refractivity (Wildman–Crippen MR) is 132 cm³/mol. The second kappa shape index (κ2) is 9.14. The number of hydrogen-bond acceptors (Lipinski definition) is 8. The summed E-state index contributed by atoms with van der Waals surface area (Å²) in [7, 11) is 1.65. The van der Waals surface area contributed by atoms with Gasteiger partial charge in [0, 0.05) is 41.7 Å². The summed E-state index contributed by atoms with van der Waals surface area (Å²) in [5.41, 5.74) is 9.87. The zero-order valence-corrected chi connectivity index (χ0v) is 18.9. The first-order valence-electron chi connectivity index (χ1n) is 10.5. The Morgan fingerprint density at radius 1 is 1.26 bits per heavy atom. The molecule has 1 unspecified atom stereocenters. The first-order chi connectivity index (χ1) is 16.3. The zero-order chi connectivity index (χ0) is 24.4. The molecule has 4 N–H and O–H groups in total. The van der Waals surface area contributed by atoms with Crippen LogP contribution in [0, 0.1) is 6.92 Å². The number of aromatic carboxylic acids is 1. The number of benzene rings is 2. The summed E-state index contributed by atoms with van der Waals surface area (Å²) >= 11 is 0. The minimum absolute atomic E-state index is 0.145. The largest absolute Gasteiger partial charge is 0.476 e. The van der Waals surface area contributed by atoms with E-state index in [-0.39, 0.29) is 16.8 Å². The molecule has 0 fully saturated rings. The first kappa shape index (κ1) is 22.7. The second-order valence-corrected chi connectivity index (χ2v) is 7.89. The molecule has 4 rings (SSSR count). The predicted octanol–water partition coefficient (Wildman–Crippen LogP) is 4.06. The average Bonchev–Trinajstić information content (AvgIpc) is 2.80. The van der Waals surface area contributed by atoms with E-state index in [1.807, 2.05) is 26.0 Å². The number of aryl methyl sites for hydroxylation is 1. The number of hydrogen-bond donors (Lipinski definition) is 3. The molecule has 0 saturated carbocycles. The SMILES string of the molecule is CN=Cc1cc(-c2cc(=O)c3cc(C)cc(C(C)Nc4cncnc4C(=O)O)c3o2)ccc1N. The molecule has 0 saturated heterocycles. The van der Waals surface area contributed by atoms with E-state index < -0.39 is 12.0 Å². The molecular weight excluding hydrogens is 434 g/mol. The molecule has 2 heterocycles. The molecule has 9 nitrogen and oxygen atoms in total. The monoisotopic (exact) mass is 457 g/mol. The van der Waals surface area contributed by atoms with Crippen molar-refractivity contribution in [2.75, 3.05) is 18.1 Å². The van der Waals surface area contributed by atoms with Gasteiger partial charge in [0.25, 0.3) is 0 Å². The molecule has 34 heavy (non-hydrogen) atoms. The van der Waals surface area contributed by atoms with E-state index in [2.05, 4.69) is 20.3 Å². The normalized spacial score (nSPS) is 12.2. The lowest BCUT2D eigenvalue weighted by molar-refractivity contribution is 0.0691. The fourth-order valence-corrected chi connectivity index (χ4v) is 3.79. The standard InChI is InChI=1S/C25H23N5O4/c1-13-6-17(14(2)30-20-11-28-12-29-23(20)25(32)33)24-18(7-13)21(31)9-22(34-24)15-4-5-19(26)16(8-15)10-27-3/h4-12,14,30H,26H2,1-3H3,(H,32,33). The van der Waals surface area contributed by atoms with E-state index in [0.29, 0.717) is 39.1 Å². The average molecular weight is 457 g/mol. The third-order valence-electron chi connectivity index (χ3n) is 5.39. The summed E-state index contributed by atoms with van der Waals surface area (Å²) in [5.74, 6) is -0.787. The topological polar surface area (TPSA) is 144 Å². The Balaban J connectivity index is 1.85. The third-order valence-corrected chi connectivity index (χ3v) is 5.39. The van der Waals surface area contributed by atoms with Crippen LogP contribution >= 0.6 is 0 Å². The van der Waals surface area contributed by atoms with E-state index in [0.717, 1.165) is 5.56 Å². The quantitative estimate of drug-likeness (QED) is 0.290. The Bertz CT molecular complexity index is 1490. The number of anilines is 2. The molecule has 0 aliphatic heterocycles. The van der Waals surface area contributed by atoms with Crippen LogP contribution in [-0.2, 0) is 0 Å². The highest BCUT2D eigenvalue weighted by Gasteiger charge is 2.19. The van der Waals surface area contributed by atoms with Gasteiger partial charge in [-0.25, -0.2) is 14.8 Å². The van der Waals surface area contributed by atoms with Crippen LogP contribution in [0.4, 0.5) is 11.4 Å². The third kappa shape index (κ3) is 4.36. The molecule has 2 aromatic heterocycles. The van der Waals surface area contributed by atoms with Crippen LogP contribution in [0.2, 0.25) is 0 Å². The van der Waals surface area contributed by atoms with Crippen LogP contribution in [0.15, 0.2) is 63.1 Å². The minimum atomic E-state index is -1.17. The summed E-state index contributed by atoms with van der Waals surface area (Å²) in [6, 6.07) is 10.0. The molecule has 0 aliphatic carbocycles. The maximum Gasteiger partial charge on any atom is 0.356 e. The van der Waals surface area contributed by atoms with Crippen molar-refractivity contribution in [3.63, 3.8) is 0 Å². The summed E-state index contributed by atoms with van der Waals surface area (Å²) in [5, 5.41) is 13.0. The number of nitrogens with two attached hydrogens (primary N) is 1. The highest BCUT2D eigenvalue weighted by Crippen LogP contribution is 2.31. The van der Waals surface area contributed by atoms with Gasteiger partial charge in [-0.2, -0.15) is 0 Å². The molecule has 0 radical (unpaired) electrons. The molecule has 4 aromatic rings. The Morgan fingerprint density at radius 2 is 2.06 bits per heavy atom. The number of nitrogen functional groups attached to an aromatic ring is 1. The molecule has 1 atom stereocenters. The van der Waals surface area contributed by atoms with Crippen molar-refractivity contribution < 1.29 is 14.3 Å². The van der Waals surface area contributed by atoms with Gasteiger partial charge < -0.3 is 20.6 Å². The first-order valence-corrected chi connectivity index (χ1v) is 10.5. The lowest BCUT2D eigenvalue weighted by Crippen LogP contribution is -2.14. The number of carbonyl (C=O) groups is 1. The summed E-state index contributed by atoms with van der Waals surface area (Å²) < 4.78 is 6.25. The van der Waals surface area contributed by atoms with Crippen LogP contribution in [0.25, 0.3) is 22.3 Å². The Kier molecular flexibility index (Phi) is 6.09. The van der Waals surface area contributed by atoms with Gasteiger partial charge in [-0.3, -0.25) is 9.79 Å². The second-order valence-electron chi connectivity index (χ2n) is 7.89. The van der Waals surface area contributed by atoms with Gasteiger partial charge in [-0.05, 0) is 43.7 Å². The Morgan fingerprint density at radius 3 is 2.79 bits per heavy atom. The fourth-order valence-electron chi connectivity index (χ4n) is 3.79. The highest BCUT2D eigenvalue weighted by molar-refractivity contribution is 5.92. The number of nitrogens with zero attached hydrogens (tertiary/aromatic N) is 3. The van der Waals surface area contributed by atoms with Crippen molar-refractivity contribution in [1.82, 2.24) is 9.97 Å². The van der Waals surface area contributed by atoms with Gasteiger partial charge in [0.1, 0.15) is 17.7 Å². The molecular formula is C25H23N5O4. The van der Waals surface area contributed by atoms with Gasteiger partial charge in [0.2, 0.25) is 0 Å². The number of nitrogens with one attached hydrogen (secondary N) is 1. The Hall–Kier alpha value is -4.53. The number of carboxylic acid groups (broad SMARTS) is 1. The van der Waals surface area contributed by atoms with E-state index in [1.54, 1.807) is 31.5 Å². The number of rotatable bonds is 6. The Labute approximate surface area is 195 Å². The number of fused-ring (bicyclic) bond motifs is 1. The van der Waals surface area contributed by atoms with Crippen LogP contribution in [0.3, 0.4) is 0 Å². The van der Waals surface area contributed by atoms with Crippen LogP contribution in [0.5, 0.6) is 0 Å². The van der Waals surface area contributed by atoms with Crippen LogP contribution in [0.1, 0.15) is 40.1 Å². The van der Waals surface area contributed by atoms with E-state index in [9.17, 15) is 14.7 Å². The van der Waals surface area contributed by atoms with Gasteiger partial charge >= 0.3 is 5.97 Å². The van der Waals surface area contributed by atoms with Crippen molar-refractivity contribution in [3.8, 4) is 11.3 Å². The van der Waals surface area contributed by atoms with Gasteiger partial charge in [0.05, 0.1) is 23.3 Å². The maximum atomic E-state index is 13.1. The highest BCUT2D eigenvalue weighted by atomic mass is 16.4. The van der Waals surface area contributed by atoms with E-state index in [1.165, 1.54) is 18.6 Å². The number of aliphatic imine (C=N–C) groups is 1. The van der Waals surface area contributed by atoms with Crippen molar-refractivity contribution in [2.24, 2.45) is 4.99 Å². The number of aromatic nitrogens is 2. The summed E-state index contributed by atoms with van der Waals surface area (Å²) in [6.45, 7) is 3.73. The van der Waals surface area contributed by atoms with Gasteiger partial charge in [-0.15, -0.1) is 0 Å². The fraction of sp³-hybridized carbons (Fsp3) is 0.160. The maximum absolute atomic E-state index is 13.1. The van der Waals surface area contributed by atoms with Crippen molar-refractivity contribution in [1.29, 1.82) is 0 Å². The molecule has 0 spiro atoms. The van der Waals surface area contributed by atoms with Crippen LogP contribution in [-0.4, -0.2) is 34.3 Å². The lowest BCUT2D eigenvalue weighted by atomic mass is 10.00. The molecule has 9 heteroatoms. The smallest absolute Gasteiger partial charge is 0.356 e. The van der Waals surface area contributed by atoms with E-state index >= 15 is 0 Å². The molecule has 2 aromatic carbocycles. The van der Waals surface area contributed by atoms with Crippen molar-refractivity contribution >= 4 is 34.5 Å². The number of carboxylic acids is 1. The zero-order valence-electron chi connectivity index (χ0n) is 18.9. The molecule has 0 bridgehead atoms. The molecule has 0 amide bonds.